The van der Waals surface area contributed by atoms with Gasteiger partial charge in [0.05, 0.1) is 23.4 Å². The Kier molecular flexibility index (Phi) is 4.64. The highest BCUT2D eigenvalue weighted by Crippen LogP contribution is 2.54. The first-order valence-corrected chi connectivity index (χ1v) is 9.24. The van der Waals surface area contributed by atoms with Gasteiger partial charge < -0.3 is 5.73 Å². The topological polar surface area (TPSA) is 101 Å². The van der Waals surface area contributed by atoms with Crippen molar-refractivity contribution in [1.82, 2.24) is 4.90 Å². The average molecular weight is 349 g/mol. The van der Waals surface area contributed by atoms with E-state index in [2.05, 4.69) is 30.0 Å². The van der Waals surface area contributed by atoms with Crippen LogP contribution in [-0.2, 0) is 0 Å². The van der Waals surface area contributed by atoms with Crippen LogP contribution in [0, 0.1) is 45.3 Å². The van der Waals surface area contributed by atoms with E-state index >= 15 is 0 Å². The van der Waals surface area contributed by atoms with Gasteiger partial charge in [0, 0.05) is 24.9 Å². The number of fused-ring (bicyclic) bond motifs is 1. The third-order valence-electron chi connectivity index (χ3n) is 5.18. The first-order valence-electron chi connectivity index (χ1n) is 8.30. The minimum Gasteiger partial charge on any atom is -0.399 e. The second-order valence-electron chi connectivity index (χ2n) is 6.49. The van der Waals surface area contributed by atoms with Crippen molar-refractivity contribution in [2.45, 2.75) is 19.3 Å². The summed E-state index contributed by atoms with van der Waals surface area (Å²) in [6.45, 7) is 4.57. The molecule has 0 radical (unpaired) electrons. The van der Waals surface area contributed by atoms with Gasteiger partial charge in [0.1, 0.15) is 6.07 Å². The molecule has 2 unspecified atom stereocenters. The van der Waals surface area contributed by atoms with Crippen molar-refractivity contribution >= 4 is 11.3 Å². The zero-order chi connectivity index (χ0) is 18.0. The molecule has 25 heavy (non-hydrogen) atoms. The molecule has 0 spiro atoms. The minimum absolute atomic E-state index is 0.0869. The van der Waals surface area contributed by atoms with E-state index in [4.69, 9.17) is 5.73 Å². The molecule has 3 rings (SSSR count). The van der Waals surface area contributed by atoms with Gasteiger partial charge >= 0.3 is 0 Å². The molecule has 2 aliphatic rings. The second kappa shape index (κ2) is 6.73. The van der Waals surface area contributed by atoms with Gasteiger partial charge in [-0.3, -0.25) is 4.90 Å². The fourth-order valence-corrected chi connectivity index (χ4v) is 4.76. The van der Waals surface area contributed by atoms with E-state index in [9.17, 15) is 15.8 Å². The van der Waals surface area contributed by atoms with Crippen LogP contribution in [0.15, 0.2) is 39.7 Å². The first kappa shape index (κ1) is 17.2. The minimum atomic E-state index is -1.51. The van der Waals surface area contributed by atoms with Crippen LogP contribution >= 0.6 is 11.3 Å². The highest BCUT2D eigenvalue weighted by molar-refractivity contribution is 7.08. The number of hydrogen-bond donors (Lipinski definition) is 1. The van der Waals surface area contributed by atoms with Gasteiger partial charge in [-0.2, -0.15) is 27.1 Å². The molecule has 2 N–H and O–H groups in total. The molecule has 0 amide bonds. The van der Waals surface area contributed by atoms with Gasteiger partial charge in [0.25, 0.3) is 0 Å². The zero-order valence-corrected chi connectivity index (χ0v) is 14.9. The lowest BCUT2D eigenvalue weighted by Gasteiger charge is -2.45. The third kappa shape index (κ3) is 2.53. The number of hydrogen-bond acceptors (Lipinski definition) is 6. The largest absolute Gasteiger partial charge is 0.399 e. The predicted octanol–water partition coefficient (Wildman–Crippen LogP) is 2.88. The van der Waals surface area contributed by atoms with E-state index in [-0.39, 0.29) is 17.5 Å². The maximum atomic E-state index is 9.93. The molecule has 0 saturated carbocycles. The van der Waals surface area contributed by atoms with Crippen LogP contribution < -0.4 is 5.73 Å². The van der Waals surface area contributed by atoms with Crippen LogP contribution in [0.5, 0.6) is 0 Å². The van der Waals surface area contributed by atoms with Gasteiger partial charge in [0.2, 0.25) is 0 Å². The summed E-state index contributed by atoms with van der Waals surface area (Å²) in [7, 11) is 0. The standard InChI is InChI=1S/C19H19N5S/c1-2-5-24-6-3-14-15(8-20)18(23)19(11-21,12-22)17(16(14)9-24)13-4-7-25-10-13/h3-4,7,10,16-17H,2,5-6,9,23H2,1H3. The summed E-state index contributed by atoms with van der Waals surface area (Å²) < 4.78 is 0. The van der Waals surface area contributed by atoms with Crippen molar-refractivity contribution in [1.29, 1.82) is 15.8 Å². The van der Waals surface area contributed by atoms with Crippen LogP contribution in [0.2, 0.25) is 0 Å². The van der Waals surface area contributed by atoms with Crippen LogP contribution in [0.4, 0.5) is 0 Å². The Morgan fingerprint density at radius 1 is 1.36 bits per heavy atom. The molecule has 2 heterocycles. The van der Waals surface area contributed by atoms with E-state index in [0.29, 0.717) is 5.57 Å². The predicted molar refractivity (Wildman–Crippen MR) is 95.8 cm³/mol. The molecule has 2 atom stereocenters. The lowest BCUT2D eigenvalue weighted by Crippen LogP contribution is -2.48. The summed E-state index contributed by atoms with van der Waals surface area (Å²) in [6, 6.07) is 8.44. The molecule has 126 valence electrons. The number of thiophene rings is 1. The highest BCUT2D eigenvalue weighted by Gasteiger charge is 2.54. The number of allylic oxidation sites excluding steroid dienone is 2. The third-order valence-corrected chi connectivity index (χ3v) is 5.88. The second-order valence-corrected chi connectivity index (χ2v) is 7.27. The summed E-state index contributed by atoms with van der Waals surface area (Å²) in [5.41, 5.74) is 6.99. The number of nitrogens with zero attached hydrogens (tertiary/aromatic N) is 4. The van der Waals surface area contributed by atoms with Gasteiger partial charge in [-0.25, -0.2) is 0 Å². The molecule has 1 aromatic heterocycles. The van der Waals surface area contributed by atoms with Gasteiger partial charge in [-0.05, 0) is 40.9 Å². The van der Waals surface area contributed by atoms with Crippen molar-refractivity contribution in [3.63, 3.8) is 0 Å². The number of nitriles is 3. The molecule has 1 aromatic rings. The van der Waals surface area contributed by atoms with Crippen LogP contribution in [0.3, 0.4) is 0 Å². The SMILES string of the molecule is CCCN1CC=C2C(C#N)=C(N)C(C#N)(C#N)C(c3ccsc3)C2C1. The molecule has 0 aromatic carbocycles. The maximum Gasteiger partial charge on any atom is 0.191 e. The van der Waals surface area contributed by atoms with E-state index in [0.717, 1.165) is 37.2 Å². The molecule has 5 nitrogen and oxygen atoms in total. The Balaban J connectivity index is 2.24. The van der Waals surface area contributed by atoms with Crippen molar-refractivity contribution in [3.8, 4) is 18.2 Å². The fraction of sp³-hybridized carbons (Fsp3) is 0.421. The van der Waals surface area contributed by atoms with E-state index in [1.165, 1.54) is 11.3 Å². The van der Waals surface area contributed by atoms with Crippen LogP contribution in [0.25, 0.3) is 0 Å². The molecule has 0 bridgehead atoms. The summed E-state index contributed by atoms with van der Waals surface area (Å²) in [6.07, 6.45) is 3.08. The quantitative estimate of drug-likeness (QED) is 0.904. The lowest BCUT2D eigenvalue weighted by molar-refractivity contribution is 0.207. The van der Waals surface area contributed by atoms with Crippen LogP contribution in [0.1, 0.15) is 24.8 Å². The van der Waals surface area contributed by atoms with Crippen molar-refractivity contribution in [2.24, 2.45) is 17.1 Å². The monoisotopic (exact) mass is 349 g/mol. The Morgan fingerprint density at radius 2 is 2.12 bits per heavy atom. The Bertz CT molecular complexity index is 830. The van der Waals surface area contributed by atoms with Gasteiger partial charge in [0.15, 0.2) is 5.41 Å². The average Bonchev–Trinajstić information content (AvgIpc) is 3.15. The first-order chi connectivity index (χ1) is 12.1. The molecule has 0 fully saturated rings. The fourth-order valence-electron chi connectivity index (χ4n) is 4.07. The molecular weight excluding hydrogens is 330 g/mol. The van der Waals surface area contributed by atoms with Crippen molar-refractivity contribution in [3.05, 3.63) is 45.3 Å². The summed E-state index contributed by atoms with van der Waals surface area (Å²) in [5.74, 6) is -0.451. The highest BCUT2D eigenvalue weighted by atomic mass is 32.1. The molecule has 1 aliphatic heterocycles. The molecular formula is C19H19N5S. The maximum absolute atomic E-state index is 9.93. The Hall–Kier alpha value is -2.59. The van der Waals surface area contributed by atoms with Crippen molar-refractivity contribution < 1.29 is 0 Å². The van der Waals surface area contributed by atoms with E-state index < -0.39 is 5.41 Å². The Morgan fingerprint density at radius 3 is 2.68 bits per heavy atom. The molecule has 0 saturated heterocycles. The van der Waals surface area contributed by atoms with Crippen molar-refractivity contribution in [2.75, 3.05) is 19.6 Å². The summed E-state index contributed by atoms with van der Waals surface area (Å²) in [4.78, 5) is 2.31. The number of nitrogens with two attached hydrogens (primary N) is 1. The van der Waals surface area contributed by atoms with Gasteiger partial charge in [-0.1, -0.05) is 13.0 Å². The molecule has 6 heteroatoms. The Labute approximate surface area is 151 Å². The van der Waals surface area contributed by atoms with E-state index in [1.807, 2.05) is 22.9 Å². The lowest BCUT2D eigenvalue weighted by atomic mass is 9.58. The van der Waals surface area contributed by atoms with E-state index in [1.54, 1.807) is 0 Å². The summed E-state index contributed by atoms with van der Waals surface area (Å²) >= 11 is 1.54. The smallest absolute Gasteiger partial charge is 0.191 e. The molecule has 1 aliphatic carbocycles. The van der Waals surface area contributed by atoms with Gasteiger partial charge in [-0.15, -0.1) is 0 Å². The van der Waals surface area contributed by atoms with Crippen LogP contribution in [-0.4, -0.2) is 24.5 Å². The summed E-state index contributed by atoms with van der Waals surface area (Å²) in [5, 5.41) is 33.4. The number of rotatable bonds is 3. The zero-order valence-electron chi connectivity index (χ0n) is 14.1. The normalized spacial score (nSPS) is 25.3.